The Labute approximate surface area is 191 Å². The molecule has 164 valence electrons. The Bertz CT molecular complexity index is 1360. The van der Waals surface area contributed by atoms with Crippen molar-refractivity contribution in [3.63, 3.8) is 0 Å². The van der Waals surface area contributed by atoms with Gasteiger partial charge in [-0.3, -0.25) is 0 Å². The molecule has 3 N–H and O–H groups in total. The lowest BCUT2D eigenvalue weighted by atomic mass is 9.89. The normalized spacial score (nSPS) is 15.8. The van der Waals surface area contributed by atoms with Crippen molar-refractivity contribution in [1.82, 2.24) is 15.6 Å². The molecule has 0 bridgehead atoms. The Hall–Kier alpha value is -4.32. The fourth-order valence-electron chi connectivity index (χ4n) is 4.34. The number of fused-ring (bicyclic) bond motifs is 1. The Morgan fingerprint density at radius 1 is 0.879 bits per heavy atom. The molecule has 0 spiro atoms. The third-order valence-electron chi connectivity index (χ3n) is 5.73. The number of aromatic nitrogens is 1. The molecule has 3 aromatic carbocycles. The molecule has 5 rings (SSSR count). The van der Waals surface area contributed by atoms with E-state index in [1.165, 1.54) is 0 Å². The van der Waals surface area contributed by atoms with E-state index in [0.717, 1.165) is 33.3 Å². The number of aromatic amines is 1. The van der Waals surface area contributed by atoms with Gasteiger partial charge in [0.25, 0.3) is 0 Å². The Morgan fingerprint density at radius 3 is 2.21 bits per heavy atom. The first-order valence-corrected chi connectivity index (χ1v) is 10.9. The minimum absolute atomic E-state index is 0.227. The molecule has 0 saturated heterocycles. The maximum atomic E-state index is 13.3. The number of hydrogen-bond acceptors (Lipinski definition) is 3. The van der Waals surface area contributed by atoms with Crippen molar-refractivity contribution in [3.8, 4) is 11.3 Å². The molecule has 1 aromatic heterocycles. The zero-order valence-corrected chi connectivity index (χ0v) is 18.1. The van der Waals surface area contributed by atoms with Crippen molar-refractivity contribution in [2.75, 3.05) is 6.61 Å². The van der Waals surface area contributed by atoms with E-state index < -0.39 is 12.0 Å². The van der Waals surface area contributed by atoms with Gasteiger partial charge in [0.2, 0.25) is 0 Å². The van der Waals surface area contributed by atoms with E-state index in [4.69, 9.17) is 4.74 Å². The average Bonchev–Trinajstić information content (AvgIpc) is 3.24. The van der Waals surface area contributed by atoms with Crippen LogP contribution in [0, 0.1) is 0 Å². The molecule has 1 unspecified atom stereocenters. The van der Waals surface area contributed by atoms with Crippen LogP contribution < -0.4 is 10.6 Å². The molecule has 6 nitrogen and oxygen atoms in total. The lowest BCUT2D eigenvalue weighted by molar-refractivity contribution is -0.138. The first-order valence-electron chi connectivity index (χ1n) is 10.9. The van der Waals surface area contributed by atoms with Gasteiger partial charge in [-0.05, 0) is 24.1 Å². The minimum Gasteiger partial charge on any atom is -0.463 e. The number of ether oxygens (including phenoxy) is 1. The maximum Gasteiger partial charge on any atom is 0.338 e. The predicted octanol–water partition coefficient (Wildman–Crippen LogP) is 5.16. The summed E-state index contributed by atoms with van der Waals surface area (Å²) in [4.78, 5) is 29.6. The average molecular weight is 437 g/mol. The number of carbonyl (C=O) groups is 2. The Morgan fingerprint density at radius 2 is 1.52 bits per heavy atom. The van der Waals surface area contributed by atoms with Gasteiger partial charge in [-0.1, -0.05) is 78.9 Å². The molecule has 6 heteroatoms. The fraction of sp³-hybridized carbons (Fsp3) is 0.111. The van der Waals surface area contributed by atoms with Gasteiger partial charge in [0.15, 0.2) is 0 Å². The van der Waals surface area contributed by atoms with Crippen molar-refractivity contribution < 1.29 is 14.3 Å². The van der Waals surface area contributed by atoms with Crippen molar-refractivity contribution in [2.45, 2.75) is 13.0 Å². The van der Waals surface area contributed by atoms with Gasteiger partial charge in [-0.25, -0.2) is 9.59 Å². The largest absolute Gasteiger partial charge is 0.463 e. The van der Waals surface area contributed by atoms with Gasteiger partial charge >= 0.3 is 12.0 Å². The van der Waals surface area contributed by atoms with Crippen LogP contribution in [0.5, 0.6) is 0 Å². The fourth-order valence-corrected chi connectivity index (χ4v) is 4.34. The number of nitrogens with one attached hydrogen (secondary N) is 3. The zero-order chi connectivity index (χ0) is 22.8. The topological polar surface area (TPSA) is 83.2 Å². The predicted molar refractivity (Wildman–Crippen MR) is 128 cm³/mol. The van der Waals surface area contributed by atoms with Crippen LogP contribution >= 0.6 is 0 Å². The molecule has 1 aliphatic rings. The lowest BCUT2D eigenvalue weighted by Crippen LogP contribution is -2.45. The molecular formula is C27H23N3O3. The van der Waals surface area contributed by atoms with Crippen molar-refractivity contribution in [1.29, 1.82) is 0 Å². The van der Waals surface area contributed by atoms with E-state index >= 15 is 0 Å². The summed E-state index contributed by atoms with van der Waals surface area (Å²) in [6.45, 7) is 2.00. The summed E-state index contributed by atoms with van der Waals surface area (Å²) >= 11 is 0. The van der Waals surface area contributed by atoms with Crippen molar-refractivity contribution >= 4 is 28.6 Å². The molecule has 2 heterocycles. The van der Waals surface area contributed by atoms with Crippen molar-refractivity contribution in [2.24, 2.45) is 0 Å². The van der Waals surface area contributed by atoms with E-state index in [9.17, 15) is 9.59 Å². The van der Waals surface area contributed by atoms with E-state index in [2.05, 4.69) is 15.6 Å². The number of hydrogen-bond donors (Lipinski definition) is 3. The third-order valence-corrected chi connectivity index (χ3v) is 5.73. The van der Waals surface area contributed by atoms with Crippen LogP contribution in [0.1, 0.15) is 24.1 Å². The highest BCUT2D eigenvalue weighted by molar-refractivity contribution is 6.06. The number of para-hydroxylation sites is 1. The molecule has 33 heavy (non-hydrogen) atoms. The van der Waals surface area contributed by atoms with E-state index in [1.807, 2.05) is 84.9 Å². The zero-order valence-electron chi connectivity index (χ0n) is 18.1. The molecule has 0 radical (unpaired) electrons. The highest BCUT2D eigenvalue weighted by Gasteiger charge is 2.37. The minimum atomic E-state index is -0.709. The summed E-state index contributed by atoms with van der Waals surface area (Å²) in [5.41, 5.74) is 5.10. The summed E-state index contributed by atoms with van der Waals surface area (Å²) in [7, 11) is 0. The summed E-state index contributed by atoms with van der Waals surface area (Å²) in [5, 5.41) is 6.75. The first kappa shape index (κ1) is 20.6. The van der Waals surface area contributed by atoms with Gasteiger partial charge in [-0.15, -0.1) is 0 Å². The van der Waals surface area contributed by atoms with Crippen LogP contribution in [0.25, 0.3) is 27.9 Å². The van der Waals surface area contributed by atoms with E-state index in [-0.39, 0.29) is 12.6 Å². The van der Waals surface area contributed by atoms with Gasteiger partial charge in [0, 0.05) is 16.5 Å². The second kappa shape index (κ2) is 8.67. The van der Waals surface area contributed by atoms with Gasteiger partial charge in [0.05, 0.1) is 29.6 Å². The molecule has 0 fully saturated rings. The maximum absolute atomic E-state index is 13.3. The lowest BCUT2D eigenvalue weighted by Gasteiger charge is -2.30. The Kier molecular flexibility index (Phi) is 5.40. The highest BCUT2D eigenvalue weighted by Crippen LogP contribution is 2.40. The van der Waals surface area contributed by atoms with Gasteiger partial charge in [0.1, 0.15) is 0 Å². The summed E-state index contributed by atoms with van der Waals surface area (Å²) in [6.07, 6.45) is 0. The SMILES string of the molecule is CCOC(=O)C1=C(c2ccccc2)NC(=O)NC1c1c(-c2ccccc2)[nH]c2ccccc12. The smallest absolute Gasteiger partial charge is 0.338 e. The molecule has 0 aliphatic carbocycles. The third kappa shape index (κ3) is 3.76. The summed E-state index contributed by atoms with van der Waals surface area (Å²) < 4.78 is 5.46. The molecule has 2 amide bonds. The number of carbonyl (C=O) groups excluding carboxylic acids is 2. The standard InChI is InChI=1S/C27H23N3O3/c1-2-33-26(31)22-24(18-13-7-4-8-14-18)29-27(32)30-25(22)21-19-15-9-10-16-20(19)28-23(21)17-11-5-3-6-12-17/h3-16,25,28H,2H2,1H3,(H2,29,30,32). The van der Waals surface area contributed by atoms with Crippen LogP contribution in [0.3, 0.4) is 0 Å². The second-order valence-corrected chi connectivity index (χ2v) is 7.73. The molecule has 0 saturated carbocycles. The number of urea groups is 1. The quantitative estimate of drug-likeness (QED) is 0.377. The molecular weight excluding hydrogens is 414 g/mol. The van der Waals surface area contributed by atoms with Crippen LogP contribution in [-0.4, -0.2) is 23.6 Å². The first-order chi connectivity index (χ1) is 16.2. The number of rotatable bonds is 5. The molecule has 4 aromatic rings. The summed E-state index contributed by atoms with van der Waals surface area (Å²) in [5.74, 6) is -0.474. The monoisotopic (exact) mass is 437 g/mol. The van der Waals surface area contributed by atoms with Gasteiger partial charge in [-0.2, -0.15) is 0 Å². The van der Waals surface area contributed by atoms with E-state index in [0.29, 0.717) is 11.3 Å². The molecule has 1 aliphatic heterocycles. The van der Waals surface area contributed by atoms with Gasteiger partial charge < -0.3 is 20.4 Å². The molecule has 1 atom stereocenters. The van der Waals surface area contributed by atoms with Crippen LogP contribution in [0.15, 0.2) is 90.5 Å². The van der Waals surface area contributed by atoms with Crippen molar-refractivity contribution in [3.05, 3.63) is 102 Å². The second-order valence-electron chi connectivity index (χ2n) is 7.73. The number of benzene rings is 3. The van der Waals surface area contributed by atoms with Crippen LogP contribution in [-0.2, 0) is 9.53 Å². The highest BCUT2D eigenvalue weighted by atomic mass is 16.5. The van der Waals surface area contributed by atoms with E-state index in [1.54, 1.807) is 6.92 Å². The summed E-state index contributed by atoms with van der Waals surface area (Å²) in [6, 6.07) is 26.0. The van der Waals surface area contributed by atoms with Crippen LogP contribution in [0.2, 0.25) is 0 Å². The number of H-pyrrole nitrogens is 1. The van der Waals surface area contributed by atoms with Crippen LogP contribution in [0.4, 0.5) is 4.79 Å². The number of amides is 2. The number of esters is 1. The Balaban J connectivity index is 1.80.